The largest absolute Gasteiger partial charge is 0.481 e. The summed E-state index contributed by atoms with van der Waals surface area (Å²) in [5.74, 6) is -6.60. The minimum absolute atomic E-state index is 0.0651. The van der Waals surface area contributed by atoms with Gasteiger partial charge in [-0.25, -0.2) is 4.79 Å². The zero-order chi connectivity index (χ0) is 30.2. The molecule has 40 heavy (non-hydrogen) atoms. The number of rotatable bonds is 18. The van der Waals surface area contributed by atoms with Crippen LogP contribution >= 0.6 is 0 Å². The van der Waals surface area contributed by atoms with Gasteiger partial charge in [-0.05, 0) is 31.2 Å². The van der Waals surface area contributed by atoms with Crippen molar-refractivity contribution < 1.29 is 39.0 Å². The van der Waals surface area contributed by atoms with Crippen molar-refractivity contribution in [1.29, 1.82) is 0 Å². The van der Waals surface area contributed by atoms with Gasteiger partial charge in [-0.1, -0.05) is 30.3 Å². The second kappa shape index (κ2) is 17.0. The van der Waals surface area contributed by atoms with E-state index in [9.17, 15) is 33.9 Å². The summed E-state index contributed by atoms with van der Waals surface area (Å²) in [5.41, 5.74) is 22.5. The van der Waals surface area contributed by atoms with E-state index in [1.54, 1.807) is 30.3 Å². The lowest BCUT2D eigenvalue weighted by molar-refractivity contribution is -0.147. The minimum Gasteiger partial charge on any atom is -0.481 e. The molecule has 0 spiro atoms. The summed E-state index contributed by atoms with van der Waals surface area (Å²) in [6.07, 6.45) is -1.18. The summed E-state index contributed by atoms with van der Waals surface area (Å²) in [5, 5.41) is 25.2. The second-order valence-corrected chi connectivity index (χ2v) is 8.87. The molecule has 4 amide bonds. The van der Waals surface area contributed by atoms with Gasteiger partial charge in [0, 0.05) is 13.0 Å². The fourth-order valence-electron chi connectivity index (χ4n) is 3.49. The summed E-state index contributed by atoms with van der Waals surface area (Å²) in [7, 11) is 0. The van der Waals surface area contributed by atoms with Crippen LogP contribution in [0.3, 0.4) is 0 Å². The predicted molar refractivity (Wildman–Crippen MR) is 142 cm³/mol. The predicted octanol–water partition coefficient (Wildman–Crippen LogP) is -3.11. The van der Waals surface area contributed by atoms with Crippen LogP contribution in [0.15, 0.2) is 35.3 Å². The molecule has 4 atom stereocenters. The number of carboxylic acids is 2. The summed E-state index contributed by atoms with van der Waals surface area (Å²) < 4.78 is 0. The summed E-state index contributed by atoms with van der Waals surface area (Å²) in [4.78, 5) is 76.3. The molecule has 0 aliphatic rings. The van der Waals surface area contributed by atoms with Crippen LogP contribution < -0.4 is 38.9 Å². The van der Waals surface area contributed by atoms with Crippen LogP contribution in [0.5, 0.6) is 0 Å². The van der Waals surface area contributed by atoms with E-state index < -0.39 is 66.2 Å². The zero-order valence-electron chi connectivity index (χ0n) is 21.7. The zero-order valence-corrected chi connectivity index (χ0v) is 21.7. The van der Waals surface area contributed by atoms with Crippen molar-refractivity contribution in [1.82, 2.24) is 16.0 Å². The van der Waals surface area contributed by atoms with Crippen molar-refractivity contribution in [3.05, 3.63) is 35.9 Å². The number of carboxylic acid groups (broad SMARTS) is 2. The molecule has 0 saturated heterocycles. The number of hydrogen-bond donors (Lipinski definition) is 9. The Bertz CT molecular complexity index is 1080. The smallest absolute Gasteiger partial charge is 0.326 e. The highest BCUT2D eigenvalue weighted by molar-refractivity contribution is 5.95. The van der Waals surface area contributed by atoms with E-state index in [2.05, 4.69) is 20.9 Å². The summed E-state index contributed by atoms with van der Waals surface area (Å²) >= 11 is 0. The highest BCUT2D eigenvalue weighted by Crippen LogP contribution is 2.07. The molecule has 0 bridgehead atoms. The Morgan fingerprint density at radius 3 is 1.88 bits per heavy atom. The molecule has 0 aromatic heterocycles. The molecule has 1 aromatic carbocycles. The number of nitrogens with two attached hydrogens (primary N) is 4. The lowest BCUT2D eigenvalue weighted by Crippen LogP contribution is -2.57. The van der Waals surface area contributed by atoms with Gasteiger partial charge in [0.2, 0.25) is 23.6 Å². The van der Waals surface area contributed by atoms with Gasteiger partial charge in [0.1, 0.15) is 18.1 Å². The molecule has 0 fully saturated rings. The molecule has 0 aliphatic carbocycles. The Hall–Kier alpha value is -4.73. The molecule has 4 unspecified atom stereocenters. The van der Waals surface area contributed by atoms with Gasteiger partial charge >= 0.3 is 11.9 Å². The SMILES string of the molecule is NC(=O)CCC(NC(=O)C(N)Cc1ccccc1)C(=O)NC(CCCN=C(N)N)C(=O)NC(CC(=O)O)C(=O)O. The topological polar surface area (TPSA) is 295 Å². The van der Waals surface area contributed by atoms with Gasteiger partial charge in [0.05, 0.1) is 12.5 Å². The number of guanidine groups is 1. The van der Waals surface area contributed by atoms with Gasteiger partial charge < -0.3 is 49.1 Å². The molecule has 1 rings (SSSR count). The normalized spacial score (nSPS) is 13.5. The van der Waals surface area contributed by atoms with E-state index in [0.717, 1.165) is 5.56 Å². The quantitative estimate of drug-likeness (QED) is 0.0488. The van der Waals surface area contributed by atoms with Crippen LogP contribution in [-0.4, -0.2) is 82.5 Å². The average molecular weight is 565 g/mol. The van der Waals surface area contributed by atoms with Crippen LogP contribution in [-0.2, 0) is 35.2 Å². The number of carbonyl (C=O) groups excluding carboxylic acids is 4. The number of aliphatic imine (C=N–C) groups is 1. The first-order valence-electron chi connectivity index (χ1n) is 12.3. The van der Waals surface area contributed by atoms with Gasteiger partial charge in [-0.15, -0.1) is 0 Å². The number of primary amides is 1. The number of hydrogen-bond acceptors (Lipinski definition) is 8. The monoisotopic (exact) mass is 564 g/mol. The summed E-state index contributed by atoms with van der Waals surface area (Å²) in [6.45, 7) is 0.0651. The first-order chi connectivity index (χ1) is 18.8. The Morgan fingerprint density at radius 2 is 1.35 bits per heavy atom. The molecular weight excluding hydrogens is 528 g/mol. The number of carbonyl (C=O) groups is 6. The third kappa shape index (κ3) is 13.2. The molecule has 0 radical (unpaired) electrons. The van der Waals surface area contributed by atoms with Crippen LogP contribution in [0.25, 0.3) is 0 Å². The molecule has 1 aromatic rings. The Morgan fingerprint density at radius 1 is 0.800 bits per heavy atom. The third-order valence-electron chi connectivity index (χ3n) is 5.52. The van der Waals surface area contributed by atoms with Crippen LogP contribution in [0.2, 0.25) is 0 Å². The van der Waals surface area contributed by atoms with E-state index in [4.69, 9.17) is 28.0 Å². The van der Waals surface area contributed by atoms with E-state index >= 15 is 0 Å². The third-order valence-corrected chi connectivity index (χ3v) is 5.52. The number of amides is 4. The average Bonchev–Trinajstić information content (AvgIpc) is 2.87. The van der Waals surface area contributed by atoms with Crippen molar-refractivity contribution in [2.75, 3.05) is 6.54 Å². The Kier molecular flexibility index (Phi) is 14.1. The van der Waals surface area contributed by atoms with Crippen molar-refractivity contribution in [3.8, 4) is 0 Å². The lowest BCUT2D eigenvalue weighted by Gasteiger charge is -2.25. The van der Waals surface area contributed by atoms with Gasteiger partial charge in [0.25, 0.3) is 0 Å². The molecule has 16 nitrogen and oxygen atoms in total. The van der Waals surface area contributed by atoms with E-state index in [-0.39, 0.29) is 44.6 Å². The standard InChI is InChI=1S/C24H36N8O8/c25-14(11-13-5-2-1-3-6-13)20(36)30-16(8-9-18(26)33)22(38)31-15(7-4-10-29-24(27)28)21(37)32-17(23(39)40)12-19(34)35/h1-3,5-6,14-17H,4,7-12,25H2,(H2,26,33)(H,30,36)(H,31,38)(H,32,37)(H,34,35)(H,39,40)(H4,27,28,29). The van der Waals surface area contributed by atoms with Gasteiger partial charge in [0.15, 0.2) is 5.96 Å². The van der Waals surface area contributed by atoms with Crippen LogP contribution in [0.1, 0.15) is 37.7 Å². The van der Waals surface area contributed by atoms with E-state index in [1.807, 2.05) is 0 Å². The molecule has 220 valence electrons. The molecule has 0 saturated carbocycles. The van der Waals surface area contributed by atoms with Crippen molar-refractivity contribution in [2.45, 2.75) is 62.7 Å². The number of nitrogens with zero attached hydrogens (tertiary/aromatic N) is 1. The van der Waals surface area contributed by atoms with Crippen LogP contribution in [0.4, 0.5) is 0 Å². The maximum atomic E-state index is 13.1. The van der Waals surface area contributed by atoms with Crippen molar-refractivity contribution >= 4 is 41.5 Å². The van der Waals surface area contributed by atoms with Crippen LogP contribution in [0, 0.1) is 0 Å². The Balaban J connectivity index is 3.06. The number of aliphatic carboxylic acids is 2. The fraction of sp³-hybridized carbons (Fsp3) is 0.458. The number of nitrogens with one attached hydrogen (secondary N) is 3. The maximum Gasteiger partial charge on any atom is 0.326 e. The fourth-order valence-corrected chi connectivity index (χ4v) is 3.49. The first-order valence-corrected chi connectivity index (χ1v) is 12.3. The molecule has 13 N–H and O–H groups in total. The van der Waals surface area contributed by atoms with Crippen molar-refractivity contribution in [2.24, 2.45) is 27.9 Å². The maximum absolute atomic E-state index is 13.1. The first kappa shape index (κ1) is 33.3. The highest BCUT2D eigenvalue weighted by atomic mass is 16.4. The second-order valence-electron chi connectivity index (χ2n) is 8.87. The van der Waals surface area contributed by atoms with Crippen molar-refractivity contribution in [3.63, 3.8) is 0 Å². The molecule has 0 heterocycles. The molecule has 16 heteroatoms. The highest BCUT2D eigenvalue weighted by Gasteiger charge is 2.31. The summed E-state index contributed by atoms with van der Waals surface area (Å²) in [6, 6.07) is 3.35. The van der Waals surface area contributed by atoms with Gasteiger partial charge in [-0.2, -0.15) is 0 Å². The minimum atomic E-state index is -1.77. The van der Waals surface area contributed by atoms with Gasteiger partial charge in [-0.3, -0.25) is 29.0 Å². The molecule has 0 aliphatic heterocycles. The number of benzene rings is 1. The van der Waals surface area contributed by atoms with E-state index in [1.165, 1.54) is 0 Å². The Labute approximate surface area is 229 Å². The lowest BCUT2D eigenvalue weighted by atomic mass is 10.0. The van der Waals surface area contributed by atoms with E-state index in [0.29, 0.717) is 0 Å². The molecular formula is C24H36N8O8.